The van der Waals surface area contributed by atoms with Crippen molar-refractivity contribution in [2.45, 2.75) is 58.4 Å². The van der Waals surface area contributed by atoms with Crippen LogP contribution in [0.5, 0.6) is 0 Å². The molecule has 0 bridgehead atoms. The molecule has 0 saturated carbocycles. The molecule has 0 aromatic heterocycles. The second kappa shape index (κ2) is 9.76. The van der Waals surface area contributed by atoms with Crippen LogP contribution in [0.25, 0.3) is 0 Å². The van der Waals surface area contributed by atoms with Crippen LogP contribution < -0.4 is 10.6 Å². The summed E-state index contributed by atoms with van der Waals surface area (Å²) in [7, 11) is 0. The molecule has 2 aliphatic heterocycles. The molecule has 1 aromatic rings. The largest absolute Gasteiger partial charge is 0.330 e. The van der Waals surface area contributed by atoms with Crippen LogP contribution in [0.15, 0.2) is 24.3 Å². The molecule has 0 spiro atoms. The van der Waals surface area contributed by atoms with Crippen molar-refractivity contribution in [3.63, 3.8) is 0 Å². The van der Waals surface area contributed by atoms with Gasteiger partial charge in [0.25, 0.3) is 0 Å². The number of carbonyl (C=O) groups is 3. The molecular formula is C22H32N4O3. The number of hydrogen-bond acceptors (Lipinski definition) is 3. The molecule has 29 heavy (non-hydrogen) atoms. The minimum atomic E-state index is -0.410. The molecule has 3 rings (SSSR count). The Kier molecular flexibility index (Phi) is 7.12. The van der Waals surface area contributed by atoms with Gasteiger partial charge in [0.2, 0.25) is 11.8 Å². The zero-order valence-corrected chi connectivity index (χ0v) is 17.4. The van der Waals surface area contributed by atoms with Crippen molar-refractivity contribution >= 4 is 29.2 Å². The summed E-state index contributed by atoms with van der Waals surface area (Å²) in [6, 6.07) is 6.65. The van der Waals surface area contributed by atoms with E-state index in [4.69, 9.17) is 0 Å². The van der Waals surface area contributed by atoms with Crippen molar-refractivity contribution < 1.29 is 14.4 Å². The Morgan fingerprint density at radius 3 is 2.03 bits per heavy atom. The summed E-state index contributed by atoms with van der Waals surface area (Å²) in [6.45, 7) is 5.94. The number of hydrogen-bond donors (Lipinski definition) is 2. The van der Waals surface area contributed by atoms with E-state index in [0.29, 0.717) is 24.3 Å². The lowest BCUT2D eigenvalue weighted by atomic mass is 10.1. The summed E-state index contributed by atoms with van der Waals surface area (Å²) >= 11 is 0. The molecule has 2 N–H and O–H groups in total. The molecule has 4 amide bonds. The van der Waals surface area contributed by atoms with E-state index < -0.39 is 6.04 Å². The van der Waals surface area contributed by atoms with Gasteiger partial charge in [0.05, 0.1) is 0 Å². The van der Waals surface area contributed by atoms with Gasteiger partial charge in [-0.3, -0.25) is 9.59 Å². The predicted molar refractivity (Wildman–Crippen MR) is 114 cm³/mol. The Balaban J connectivity index is 1.55. The van der Waals surface area contributed by atoms with Crippen LogP contribution in [0.2, 0.25) is 0 Å². The van der Waals surface area contributed by atoms with Gasteiger partial charge in [-0.2, -0.15) is 0 Å². The second-order valence-corrected chi connectivity index (χ2v) is 8.24. The van der Waals surface area contributed by atoms with Crippen LogP contribution in [-0.4, -0.2) is 53.3 Å². The molecule has 7 heteroatoms. The van der Waals surface area contributed by atoms with E-state index in [-0.39, 0.29) is 23.8 Å². The Morgan fingerprint density at radius 1 is 0.862 bits per heavy atom. The predicted octanol–water partition coefficient (Wildman–Crippen LogP) is 3.68. The number of likely N-dealkylation sites (tertiary alicyclic amines) is 2. The van der Waals surface area contributed by atoms with E-state index in [2.05, 4.69) is 10.6 Å². The first-order chi connectivity index (χ1) is 14.0. The van der Waals surface area contributed by atoms with Gasteiger partial charge in [-0.1, -0.05) is 26.7 Å². The van der Waals surface area contributed by atoms with Crippen LogP contribution in [0.3, 0.4) is 0 Å². The van der Waals surface area contributed by atoms with Gasteiger partial charge in [0.15, 0.2) is 0 Å². The van der Waals surface area contributed by atoms with Gasteiger partial charge in [-0.15, -0.1) is 0 Å². The molecule has 1 aromatic carbocycles. The first-order valence-electron chi connectivity index (χ1n) is 10.7. The molecule has 7 nitrogen and oxygen atoms in total. The highest BCUT2D eigenvalue weighted by Crippen LogP contribution is 2.22. The van der Waals surface area contributed by atoms with Gasteiger partial charge >= 0.3 is 6.03 Å². The lowest BCUT2D eigenvalue weighted by Crippen LogP contribution is -2.44. The number of nitrogens with one attached hydrogen (secondary N) is 2. The van der Waals surface area contributed by atoms with Gasteiger partial charge in [0, 0.05) is 36.9 Å². The Morgan fingerprint density at radius 2 is 1.45 bits per heavy atom. The van der Waals surface area contributed by atoms with Crippen molar-refractivity contribution in [2.24, 2.45) is 5.92 Å². The zero-order valence-electron chi connectivity index (χ0n) is 17.4. The summed E-state index contributed by atoms with van der Waals surface area (Å²) < 4.78 is 0. The Bertz CT molecular complexity index is 724. The number of carbonyl (C=O) groups excluding carboxylic acids is 3. The standard InChI is InChI=1S/C22H32N4O3/c1-16(2)21(28)26-15-7-8-19(26)20(27)23-17-9-11-18(12-10-17)24-22(29)25-13-5-3-4-6-14-25/h9-12,16,19H,3-8,13-15H2,1-2H3,(H,23,27)(H,24,29). The zero-order chi connectivity index (χ0) is 20.8. The molecule has 2 heterocycles. The van der Waals surface area contributed by atoms with Crippen molar-refractivity contribution in [3.8, 4) is 0 Å². The highest BCUT2D eigenvalue weighted by molar-refractivity contribution is 5.98. The Labute approximate surface area is 172 Å². The fraction of sp³-hybridized carbons (Fsp3) is 0.591. The summed E-state index contributed by atoms with van der Waals surface area (Å²) in [5.41, 5.74) is 1.36. The fourth-order valence-corrected chi connectivity index (χ4v) is 3.97. The van der Waals surface area contributed by atoms with E-state index in [1.807, 2.05) is 18.7 Å². The minimum absolute atomic E-state index is 0.0224. The van der Waals surface area contributed by atoms with E-state index in [1.54, 1.807) is 29.2 Å². The van der Waals surface area contributed by atoms with E-state index in [1.165, 1.54) is 12.8 Å². The second-order valence-electron chi connectivity index (χ2n) is 8.24. The number of nitrogens with zero attached hydrogens (tertiary/aromatic N) is 2. The quantitative estimate of drug-likeness (QED) is 0.809. The topological polar surface area (TPSA) is 81.8 Å². The molecule has 2 aliphatic rings. The van der Waals surface area contributed by atoms with Crippen molar-refractivity contribution in [3.05, 3.63) is 24.3 Å². The third kappa shape index (κ3) is 5.49. The van der Waals surface area contributed by atoms with Gasteiger partial charge < -0.3 is 20.4 Å². The maximum Gasteiger partial charge on any atom is 0.321 e. The van der Waals surface area contributed by atoms with Crippen LogP contribution in [0.4, 0.5) is 16.2 Å². The summed E-state index contributed by atoms with van der Waals surface area (Å²) in [5, 5.41) is 5.83. The maximum absolute atomic E-state index is 12.7. The monoisotopic (exact) mass is 400 g/mol. The van der Waals surface area contributed by atoms with E-state index in [9.17, 15) is 14.4 Å². The highest BCUT2D eigenvalue weighted by atomic mass is 16.2. The maximum atomic E-state index is 12.7. The van der Waals surface area contributed by atoms with Gasteiger partial charge in [0.1, 0.15) is 6.04 Å². The number of amides is 4. The number of anilines is 2. The van der Waals surface area contributed by atoms with Gasteiger partial charge in [-0.25, -0.2) is 4.79 Å². The van der Waals surface area contributed by atoms with Crippen LogP contribution >= 0.6 is 0 Å². The highest BCUT2D eigenvalue weighted by Gasteiger charge is 2.34. The normalized spacial score (nSPS) is 19.8. The average Bonchev–Trinajstić information content (AvgIpc) is 3.03. The van der Waals surface area contributed by atoms with Crippen LogP contribution in [-0.2, 0) is 9.59 Å². The van der Waals surface area contributed by atoms with E-state index in [0.717, 1.165) is 32.4 Å². The number of rotatable bonds is 4. The number of urea groups is 1. The summed E-state index contributed by atoms with van der Waals surface area (Å²) in [6.07, 6.45) is 6.00. The molecular weight excluding hydrogens is 368 g/mol. The van der Waals surface area contributed by atoms with E-state index >= 15 is 0 Å². The molecule has 0 aliphatic carbocycles. The molecule has 2 saturated heterocycles. The number of benzene rings is 1. The third-order valence-corrected chi connectivity index (χ3v) is 5.63. The molecule has 158 valence electrons. The van der Waals surface area contributed by atoms with Gasteiger partial charge in [-0.05, 0) is 49.9 Å². The third-order valence-electron chi connectivity index (χ3n) is 5.63. The first-order valence-corrected chi connectivity index (χ1v) is 10.7. The molecule has 1 atom stereocenters. The minimum Gasteiger partial charge on any atom is -0.330 e. The smallest absolute Gasteiger partial charge is 0.321 e. The SMILES string of the molecule is CC(C)C(=O)N1CCCC1C(=O)Nc1ccc(NC(=O)N2CCCCCC2)cc1. The molecule has 0 radical (unpaired) electrons. The average molecular weight is 401 g/mol. The summed E-state index contributed by atoms with van der Waals surface area (Å²) in [5.74, 6) is -0.248. The van der Waals surface area contributed by atoms with Crippen LogP contribution in [0, 0.1) is 5.92 Å². The molecule has 2 fully saturated rings. The van der Waals surface area contributed by atoms with Crippen LogP contribution in [0.1, 0.15) is 52.4 Å². The fourth-order valence-electron chi connectivity index (χ4n) is 3.97. The van der Waals surface area contributed by atoms with Crippen molar-refractivity contribution in [1.82, 2.24) is 9.80 Å². The van der Waals surface area contributed by atoms with Crippen molar-refractivity contribution in [2.75, 3.05) is 30.3 Å². The Hall–Kier alpha value is -2.57. The summed E-state index contributed by atoms with van der Waals surface area (Å²) in [4.78, 5) is 41.0. The molecule has 1 unspecified atom stereocenters. The lowest BCUT2D eigenvalue weighted by Gasteiger charge is -2.25. The van der Waals surface area contributed by atoms with Crippen molar-refractivity contribution in [1.29, 1.82) is 0 Å². The lowest BCUT2D eigenvalue weighted by molar-refractivity contribution is -0.139. The first kappa shape index (κ1) is 21.1.